The van der Waals surface area contributed by atoms with Crippen LogP contribution in [0, 0.1) is 0 Å². The molecule has 2 aromatic rings. The van der Waals surface area contributed by atoms with Gasteiger partial charge in [-0.25, -0.2) is 0 Å². The van der Waals surface area contributed by atoms with E-state index in [2.05, 4.69) is 0 Å². The van der Waals surface area contributed by atoms with Crippen LogP contribution in [0.2, 0.25) is 0 Å². The van der Waals surface area contributed by atoms with Crippen molar-refractivity contribution in [3.05, 3.63) is 59.7 Å². The topological polar surface area (TPSA) is 127 Å². The molecule has 6 nitrogen and oxygen atoms in total. The third-order valence-electron chi connectivity index (χ3n) is 3.89. The van der Waals surface area contributed by atoms with Crippen molar-refractivity contribution in [3.63, 3.8) is 0 Å². The summed E-state index contributed by atoms with van der Waals surface area (Å²) in [5, 5.41) is 18.9. The first-order chi connectivity index (χ1) is 10.9. The first-order valence-electron chi connectivity index (χ1n) is 7.03. The van der Waals surface area contributed by atoms with Gasteiger partial charge in [-0.05, 0) is 41.8 Å². The zero-order valence-electron chi connectivity index (χ0n) is 12.4. The van der Waals surface area contributed by atoms with E-state index in [-0.39, 0.29) is 12.8 Å². The van der Waals surface area contributed by atoms with Crippen LogP contribution in [0.25, 0.3) is 0 Å². The predicted octanol–water partition coefficient (Wildman–Crippen LogP) is 2.09. The van der Waals surface area contributed by atoms with Crippen LogP contribution in [0.15, 0.2) is 48.5 Å². The Hall–Kier alpha value is -3.02. The fourth-order valence-corrected chi connectivity index (χ4v) is 2.64. The van der Waals surface area contributed by atoms with Crippen molar-refractivity contribution >= 4 is 23.3 Å². The Labute approximate surface area is 133 Å². The van der Waals surface area contributed by atoms with E-state index >= 15 is 0 Å². The van der Waals surface area contributed by atoms with Crippen molar-refractivity contribution in [1.29, 1.82) is 0 Å². The molecule has 0 aliphatic heterocycles. The Morgan fingerprint density at radius 2 is 1.22 bits per heavy atom. The van der Waals surface area contributed by atoms with Crippen molar-refractivity contribution in [2.45, 2.75) is 18.3 Å². The molecule has 0 amide bonds. The summed E-state index contributed by atoms with van der Waals surface area (Å²) in [6.07, 6.45) is -0.355. The summed E-state index contributed by atoms with van der Waals surface area (Å²) in [6, 6.07) is 12.9. The highest BCUT2D eigenvalue weighted by Gasteiger charge is 2.42. The van der Waals surface area contributed by atoms with Crippen LogP contribution in [0.5, 0.6) is 0 Å². The van der Waals surface area contributed by atoms with E-state index in [0.29, 0.717) is 22.5 Å². The normalized spacial score (nSPS) is 11.1. The third kappa shape index (κ3) is 3.26. The number of aliphatic carboxylic acids is 2. The molecule has 0 aromatic heterocycles. The molecule has 0 unspecified atom stereocenters. The van der Waals surface area contributed by atoms with E-state index in [1.54, 1.807) is 48.5 Å². The van der Waals surface area contributed by atoms with Gasteiger partial charge in [0.1, 0.15) is 5.41 Å². The first-order valence-corrected chi connectivity index (χ1v) is 7.03. The van der Waals surface area contributed by atoms with Crippen LogP contribution >= 0.6 is 0 Å². The second-order valence-electron chi connectivity index (χ2n) is 5.35. The number of nitrogens with two attached hydrogens (primary N) is 2. The van der Waals surface area contributed by atoms with Gasteiger partial charge in [0, 0.05) is 17.8 Å². The number of carbonyl (C=O) groups is 2. The lowest BCUT2D eigenvalue weighted by Crippen LogP contribution is -2.37. The molecule has 6 heteroatoms. The number of benzene rings is 2. The van der Waals surface area contributed by atoms with Crippen molar-refractivity contribution < 1.29 is 19.8 Å². The van der Waals surface area contributed by atoms with Gasteiger partial charge in [0.15, 0.2) is 0 Å². The van der Waals surface area contributed by atoms with Crippen LogP contribution in [0.4, 0.5) is 11.4 Å². The summed E-state index contributed by atoms with van der Waals surface area (Å²) in [7, 11) is 0. The minimum atomic E-state index is -1.47. The molecule has 120 valence electrons. The van der Waals surface area contributed by atoms with E-state index in [9.17, 15) is 14.7 Å². The van der Waals surface area contributed by atoms with Gasteiger partial charge in [0.2, 0.25) is 0 Å². The molecule has 6 N–H and O–H groups in total. The molecule has 0 aliphatic carbocycles. The average molecular weight is 314 g/mol. The van der Waals surface area contributed by atoms with Gasteiger partial charge < -0.3 is 21.7 Å². The molecule has 23 heavy (non-hydrogen) atoms. The first kappa shape index (κ1) is 16.4. The second-order valence-corrected chi connectivity index (χ2v) is 5.35. The van der Waals surface area contributed by atoms with Gasteiger partial charge in [-0.3, -0.25) is 9.59 Å². The Morgan fingerprint density at radius 3 is 1.52 bits per heavy atom. The fourth-order valence-electron chi connectivity index (χ4n) is 2.64. The third-order valence-corrected chi connectivity index (χ3v) is 3.89. The lowest BCUT2D eigenvalue weighted by atomic mass is 9.71. The zero-order chi connectivity index (χ0) is 17.0. The quantitative estimate of drug-likeness (QED) is 0.605. The van der Waals surface area contributed by atoms with Crippen molar-refractivity contribution in [3.8, 4) is 0 Å². The van der Waals surface area contributed by atoms with Gasteiger partial charge >= 0.3 is 11.9 Å². The summed E-state index contributed by atoms with van der Waals surface area (Å²) in [4.78, 5) is 23.2. The molecule has 2 aromatic carbocycles. The standard InChI is InChI=1S/C17H18N2O4/c18-13-5-1-11(2-6-13)17(16(22)23,10-9-15(20)21)12-3-7-14(19)8-4-12/h1-8H,9-10,18-19H2,(H,20,21)(H,22,23). The number of nitrogen functional groups attached to an aromatic ring is 2. The van der Waals surface area contributed by atoms with Gasteiger partial charge in [0.05, 0.1) is 0 Å². The molecule has 0 heterocycles. The van der Waals surface area contributed by atoms with Gasteiger partial charge in [-0.1, -0.05) is 24.3 Å². The Balaban J connectivity index is 2.63. The summed E-state index contributed by atoms with van der Waals surface area (Å²) in [5.41, 5.74) is 11.8. The Bertz CT molecular complexity index is 663. The molecular formula is C17H18N2O4. The van der Waals surface area contributed by atoms with Gasteiger partial charge in [0.25, 0.3) is 0 Å². The number of anilines is 2. The molecule has 0 saturated carbocycles. The van der Waals surface area contributed by atoms with Crippen LogP contribution in [0.1, 0.15) is 24.0 Å². The maximum atomic E-state index is 12.1. The van der Waals surface area contributed by atoms with E-state index in [4.69, 9.17) is 16.6 Å². The molecule has 0 fully saturated rings. The van der Waals surface area contributed by atoms with Gasteiger partial charge in [-0.2, -0.15) is 0 Å². The van der Waals surface area contributed by atoms with Crippen molar-refractivity contribution in [1.82, 2.24) is 0 Å². The van der Waals surface area contributed by atoms with Crippen molar-refractivity contribution in [2.24, 2.45) is 0 Å². The highest BCUT2D eigenvalue weighted by Crippen LogP contribution is 2.38. The highest BCUT2D eigenvalue weighted by molar-refractivity contribution is 5.87. The SMILES string of the molecule is Nc1ccc(C(CCC(=O)O)(C(=O)O)c2ccc(N)cc2)cc1. The Morgan fingerprint density at radius 1 is 0.826 bits per heavy atom. The van der Waals surface area contributed by atoms with Crippen LogP contribution < -0.4 is 11.5 Å². The Kier molecular flexibility index (Phi) is 4.55. The number of rotatable bonds is 6. The number of hydrogen-bond acceptors (Lipinski definition) is 4. The summed E-state index contributed by atoms with van der Waals surface area (Å²) < 4.78 is 0. The minimum absolute atomic E-state index is 0.0779. The molecule has 0 saturated heterocycles. The maximum Gasteiger partial charge on any atom is 0.318 e. The zero-order valence-corrected chi connectivity index (χ0v) is 12.4. The average Bonchev–Trinajstić information content (AvgIpc) is 2.50. The molecule has 0 atom stereocenters. The van der Waals surface area contributed by atoms with E-state index in [1.807, 2.05) is 0 Å². The van der Waals surface area contributed by atoms with Crippen LogP contribution in [-0.2, 0) is 15.0 Å². The van der Waals surface area contributed by atoms with Crippen LogP contribution in [-0.4, -0.2) is 22.2 Å². The maximum absolute atomic E-state index is 12.1. The monoisotopic (exact) mass is 314 g/mol. The fraction of sp³-hybridized carbons (Fsp3) is 0.176. The minimum Gasteiger partial charge on any atom is -0.481 e. The summed E-state index contributed by atoms with van der Waals surface area (Å²) in [6.45, 7) is 0. The highest BCUT2D eigenvalue weighted by atomic mass is 16.4. The molecule has 0 bridgehead atoms. The lowest BCUT2D eigenvalue weighted by Gasteiger charge is -2.30. The molecule has 0 aliphatic rings. The number of carboxylic acids is 2. The molecule has 0 radical (unpaired) electrons. The van der Waals surface area contributed by atoms with E-state index < -0.39 is 17.4 Å². The molecule has 0 spiro atoms. The van der Waals surface area contributed by atoms with E-state index in [0.717, 1.165) is 0 Å². The van der Waals surface area contributed by atoms with Crippen LogP contribution in [0.3, 0.4) is 0 Å². The number of carboxylic acid groups (broad SMARTS) is 2. The smallest absolute Gasteiger partial charge is 0.318 e. The molecular weight excluding hydrogens is 296 g/mol. The van der Waals surface area contributed by atoms with Gasteiger partial charge in [-0.15, -0.1) is 0 Å². The molecule has 2 rings (SSSR count). The number of hydrogen-bond donors (Lipinski definition) is 4. The van der Waals surface area contributed by atoms with Crippen molar-refractivity contribution in [2.75, 3.05) is 11.5 Å². The largest absolute Gasteiger partial charge is 0.481 e. The predicted molar refractivity (Wildman–Crippen MR) is 87.0 cm³/mol. The summed E-state index contributed by atoms with van der Waals surface area (Å²) >= 11 is 0. The summed E-state index contributed by atoms with van der Waals surface area (Å²) in [5.74, 6) is -2.17. The second kappa shape index (κ2) is 6.39. The lowest BCUT2D eigenvalue weighted by molar-refractivity contribution is -0.143. The van der Waals surface area contributed by atoms with E-state index in [1.165, 1.54) is 0 Å².